The number of carbonyl (C=O) groups excluding carboxylic acids is 1. The summed E-state index contributed by atoms with van der Waals surface area (Å²) in [5.74, 6) is 2.23. The lowest BCUT2D eigenvalue weighted by molar-refractivity contribution is -0.136. The third kappa shape index (κ3) is 5.46. The lowest BCUT2D eigenvalue weighted by atomic mass is 9.84. The van der Waals surface area contributed by atoms with Crippen molar-refractivity contribution >= 4 is 5.91 Å². The molecule has 4 aliphatic rings. The molecule has 196 valence electrons. The van der Waals surface area contributed by atoms with Crippen LogP contribution in [0.3, 0.4) is 0 Å². The molecule has 2 aromatic carbocycles. The van der Waals surface area contributed by atoms with Crippen molar-refractivity contribution in [3.05, 3.63) is 76.9 Å². The van der Waals surface area contributed by atoms with Crippen molar-refractivity contribution in [2.45, 2.75) is 64.6 Å². The lowest BCUT2D eigenvalue weighted by Crippen LogP contribution is -2.49. The molecule has 0 N–H and O–H groups in total. The summed E-state index contributed by atoms with van der Waals surface area (Å²) in [6.45, 7) is 3.86. The van der Waals surface area contributed by atoms with Crippen LogP contribution in [0.25, 0.3) is 0 Å². The van der Waals surface area contributed by atoms with Gasteiger partial charge >= 0.3 is 0 Å². The molecule has 4 heterocycles. The van der Waals surface area contributed by atoms with E-state index in [-0.39, 0.29) is 5.91 Å². The summed E-state index contributed by atoms with van der Waals surface area (Å²) in [5.41, 5.74) is 5.07. The van der Waals surface area contributed by atoms with Crippen LogP contribution in [0.4, 0.5) is 0 Å². The van der Waals surface area contributed by atoms with Crippen molar-refractivity contribution in [2.75, 3.05) is 19.6 Å². The Morgan fingerprint density at radius 1 is 1.00 bits per heavy atom. The van der Waals surface area contributed by atoms with E-state index in [0.29, 0.717) is 49.8 Å². The maximum Gasteiger partial charge on any atom is 0.237 e. The van der Waals surface area contributed by atoms with Crippen LogP contribution in [0.1, 0.15) is 66.5 Å². The van der Waals surface area contributed by atoms with Crippen LogP contribution in [-0.2, 0) is 30.8 Å². The quantitative estimate of drug-likeness (QED) is 0.481. The summed E-state index contributed by atoms with van der Waals surface area (Å²) in [7, 11) is 0. The molecule has 1 saturated carbocycles. The van der Waals surface area contributed by atoms with E-state index in [1.165, 1.54) is 44.1 Å². The zero-order valence-electron chi connectivity index (χ0n) is 21.9. The number of imidazole rings is 1. The summed E-state index contributed by atoms with van der Waals surface area (Å²) in [4.78, 5) is 21.8. The van der Waals surface area contributed by atoms with E-state index in [0.717, 1.165) is 35.7 Å². The highest BCUT2D eigenvalue weighted by atomic mass is 16.5. The van der Waals surface area contributed by atoms with E-state index in [4.69, 9.17) is 4.74 Å². The second-order valence-corrected chi connectivity index (χ2v) is 11.1. The van der Waals surface area contributed by atoms with Crippen molar-refractivity contribution in [3.8, 4) is 17.6 Å². The van der Waals surface area contributed by atoms with Gasteiger partial charge in [-0.05, 0) is 59.7 Å². The molecular formula is C31H35N5O2. The fourth-order valence-electron chi connectivity index (χ4n) is 6.17. The number of nitrogens with zero attached hydrogens (tertiary/aromatic N) is 5. The zero-order chi connectivity index (χ0) is 25.9. The summed E-state index contributed by atoms with van der Waals surface area (Å²) in [5, 5.41) is 9.75. The van der Waals surface area contributed by atoms with Crippen LogP contribution in [0.15, 0.2) is 48.9 Å². The SMILES string of the molecule is N#Cc1ccc2cc1Oc1ccc(CCC3CCCCC3)c(c1)CN1CCN(CC1=O)Cc1cncn1C2. The van der Waals surface area contributed by atoms with Gasteiger partial charge in [0.2, 0.25) is 5.91 Å². The van der Waals surface area contributed by atoms with Crippen LogP contribution in [0.5, 0.6) is 11.5 Å². The van der Waals surface area contributed by atoms with Crippen molar-refractivity contribution in [1.29, 1.82) is 5.26 Å². The Morgan fingerprint density at radius 2 is 1.89 bits per heavy atom. The number of aromatic nitrogens is 2. The van der Waals surface area contributed by atoms with Crippen LogP contribution in [0, 0.1) is 17.2 Å². The number of benzene rings is 2. The number of hydrogen-bond acceptors (Lipinski definition) is 5. The van der Waals surface area contributed by atoms with Gasteiger partial charge in [0.1, 0.15) is 17.6 Å². The average molecular weight is 510 g/mol. The van der Waals surface area contributed by atoms with Gasteiger partial charge in [0.25, 0.3) is 0 Å². The van der Waals surface area contributed by atoms with Crippen LogP contribution in [-0.4, -0.2) is 44.9 Å². The number of hydrogen-bond donors (Lipinski definition) is 0. The molecule has 1 aromatic heterocycles. The predicted octanol–water partition coefficient (Wildman–Crippen LogP) is 5.27. The third-order valence-electron chi connectivity index (χ3n) is 8.41. The number of piperazine rings is 1. The molecule has 3 aromatic rings. The summed E-state index contributed by atoms with van der Waals surface area (Å²) < 4.78 is 8.45. The number of amides is 1. The van der Waals surface area contributed by atoms with Crippen LogP contribution < -0.4 is 4.74 Å². The van der Waals surface area contributed by atoms with Gasteiger partial charge in [-0.1, -0.05) is 44.2 Å². The molecule has 1 unspecified atom stereocenters. The van der Waals surface area contributed by atoms with Gasteiger partial charge < -0.3 is 14.2 Å². The number of fused-ring (bicyclic) bond motifs is 2. The summed E-state index contributed by atoms with van der Waals surface area (Å²) in [6, 6.07) is 14.3. The Hall–Kier alpha value is -3.63. The first kappa shape index (κ1) is 24.7. The first-order valence-corrected chi connectivity index (χ1v) is 14.0. The molecule has 7 rings (SSSR count). The molecule has 7 nitrogen and oxygen atoms in total. The standard InChI is InChI=1S/C31H35N5O2/c32-16-26-9-7-24-14-30(26)38-29-11-10-25(8-6-23-4-2-1-3-5-23)27(15-29)19-35-13-12-34(21-31(35)37)20-28-17-33-22-36(28)18-24/h7,9-11,14-15,17,22-23H,1-6,8,12-13,18-21H2. The van der Waals surface area contributed by atoms with Gasteiger partial charge in [0, 0.05) is 38.9 Å². The zero-order valence-corrected chi connectivity index (χ0v) is 21.9. The molecular weight excluding hydrogens is 474 g/mol. The van der Waals surface area contributed by atoms with E-state index in [1.54, 1.807) is 0 Å². The smallest absolute Gasteiger partial charge is 0.237 e. The van der Waals surface area contributed by atoms with Crippen molar-refractivity contribution in [3.63, 3.8) is 0 Å². The molecule has 0 radical (unpaired) electrons. The van der Waals surface area contributed by atoms with Gasteiger partial charge in [-0.2, -0.15) is 5.26 Å². The highest BCUT2D eigenvalue weighted by Gasteiger charge is 2.26. The predicted molar refractivity (Wildman–Crippen MR) is 145 cm³/mol. The highest BCUT2D eigenvalue weighted by Crippen LogP contribution is 2.32. The van der Waals surface area contributed by atoms with E-state index in [2.05, 4.69) is 32.7 Å². The molecule has 2 fully saturated rings. The van der Waals surface area contributed by atoms with E-state index in [9.17, 15) is 10.1 Å². The normalized spacial score (nSPS) is 20.0. The fraction of sp³-hybridized carbons (Fsp3) is 0.452. The Labute approximate surface area is 224 Å². The van der Waals surface area contributed by atoms with Crippen molar-refractivity contribution < 1.29 is 9.53 Å². The maximum absolute atomic E-state index is 13.2. The van der Waals surface area contributed by atoms with Crippen LogP contribution in [0.2, 0.25) is 0 Å². The molecule has 6 bridgehead atoms. The number of carbonyl (C=O) groups is 1. The van der Waals surface area contributed by atoms with Crippen LogP contribution >= 0.6 is 0 Å². The van der Waals surface area contributed by atoms with Gasteiger partial charge in [0.15, 0.2) is 0 Å². The summed E-state index contributed by atoms with van der Waals surface area (Å²) in [6.07, 6.45) is 12.7. The minimum absolute atomic E-state index is 0.163. The Kier molecular flexibility index (Phi) is 7.15. The van der Waals surface area contributed by atoms with Crippen molar-refractivity contribution in [1.82, 2.24) is 19.4 Å². The average Bonchev–Trinajstić information content (AvgIpc) is 3.36. The molecule has 0 spiro atoms. The Morgan fingerprint density at radius 3 is 2.74 bits per heavy atom. The van der Waals surface area contributed by atoms with Gasteiger partial charge in [-0.15, -0.1) is 0 Å². The first-order valence-electron chi connectivity index (χ1n) is 14.0. The fourth-order valence-corrected chi connectivity index (χ4v) is 6.17. The largest absolute Gasteiger partial charge is 0.456 e. The molecule has 38 heavy (non-hydrogen) atoms. The first-order chi connectivity index (χ1) is 18.6. The Balaban J connectivity index is 1.34. The molecule has 7 heteroatoms. The van der Waals surface area contributed by atoms with Gasteiger partial charge in [-0.3, -0.25) is 9.69 Å². The third-order valence-corrected chi connectivity index (χ3v) is 8.41. The van der Waals surface area contributed by atoms with E-state index >= 15 is 0 Å². The molecule has 1 saturated heterocycles. The highest BCUT2D eigenvalue weighted by molar-refractivity contribution is 5.79. The molecule has 3 aliphatic heterocycles. The van der Waals surface area contributed by atoms with E-state index in [1.807, 2.05) is 41.7 Å². The molecule has 1 aliphatic carbocycles. The number of ether oxygens (including phenoxy) is 1. The molecule has 1 amide bonds. The summed E-state index contributed by atoms with van der Waals surface area (Å²) >= 11 is 0. The molecule has 1 atom stereocenters. The minimum Gasteiger partial charge on any atom is -0.456 e. The second-order valence-electron chi connectivity index (χ2n) is 11.1. The monoisotopic (exact) mass is 509 g/mol. The minimum atomic E-state index is 0.163. The topological polar surface area (TPSA) is 74.4 Å². The van der Waals surface area contributed by atoms with Gasteiger partial charge in [-0.25, -0.2) is 4.98 Å². The number of nitriles is 1. The number of rotatable bonds is 3. The maximum atomic E-state index is 13.2. The second kappa shape index (κ2) is 11.0. The van der Waals surface area contributed by atoms with Crippen molar-refractivity contribution in [2.24, 2.45) is 5.92 Å². The van der Waals surface area contributed by atoms with Gasteiger partial charge in [0.05, 0.1) is 24.1 Å². The van der Waals surface area contributed by atoms with E-state index < -0.39 is 0 Å². The lowest BCUT2D eigenvalue weighted by Gasteiger charge is -2.35. The number of aryl methyl sites for hydroxylation is 1. The Bertz CT molecular complexity index is 1350.